The van der Waals surface area contributed by atoms with Crippen LogP contribution >= 0.6 is 11.6 Å². The number of pyridine rings is 1. The molecule has 3 aliphatic rings. The molecule has 0 bridgehead atoms. The molecule has 46 heavy (non-hydrogen) atoms. The van der Waals surface area contributed by atoms with E-state index in [-0.39, 0.29) is 52.1 Å². The lowest BCUT2D eigenvalue weighted by Gasteiger charge is -2.23. The maximum atomic E-state index is 14.2. The summed E-state index contributed by atoms with van der Waals surface area (Å²) in [5.74, 6) is -7.02. The highest BCUT2D eigenvalue weighted by Gasteiger charge is 2.62. The molecule has 0 unspecified atom stereocenters. The van der Waals surface area contributed by atoms with Crippen LogP contribution in [-0.4, -0.2) is 56.8 Å². The molecule has 4 aromatic rings. The lowest BCUT2D eigenvalue weighted by atomic mass is 9.76. The van der Waals surface area contributed by atoms with Crippen molar-refractivity contribution in [2.24, 2.45) is 5.16 Å². The zero-order valence-electron chi connectivity index (χ0n) is 23.8. The van der Waals surface area contributed by atoms with Crippen molar-refractivity contribution >= 4 is 51.7 Å². The Morgan fingerprint density at radius 2 is 1.63 bits per heavy atom. The first-order valence-electron chi connectivity index (χ1n) is 13.9. The van der Waals surface area contributed by atoms with Crippen molar-refractivity contribution in [3.05, 3.63) is 108 Å². The Bertz CT molecular complexity index is 2240. The highest BCUT2D eigenvalue weighted by Crippen LogP contribution is 2.58. The Kier molecular flexibility index (Phi) is 6.39. The van der Waals surface area contributed by atoms with E-state index in [1.54, 1.807) is 0 Å². The number of rotatable bonds is 5. The molecule has 7 rings (SSSR count). The third-order valence-electron chi connectivity index (χ3n) is 8.70. The maximum absolute atomic E-state index is 14.2. The van der Waals surface area contributed by atoms with Crippen molar-refractivity contribution in [2.75, 3.05) is 7.11 Å². The smallest absolute Gasteiger partial charge is 0.260 e. The highest BCUT2D eigenvalue weighted by molar-refractivity contribution is 6.41. The molecule has 4 N–H and O–H groups in total. The first kappa shape index (κ1) is 29.0. The standard InChI is InChI=1S/C33H21ClN2O10/c1-45-18-10-17(37)20-21(26(18)38)28(40)23-22(27(20)39)30(42)33(31(23)43)8-7-15-24(33)29(41)19-16(25(15)34)9-14(36-32(19)44)11-35-46-12-13-5-3-2-4-6-13/h2-6,9-11,39-41H,7-8,12H2,1H3,(H,36,44)/b35-11+/t33-/m0/s1. The van der Waals surface area contributed by atoms with Crippen LogP contribution < -0.4 is 5.56 Å². The van der Waals surface area contributed by atoms with Crippen LogP contribution in [0.3, 0.4) is 0 Å². The van der Waals surface area contributed by atoms with Gasteiger partial charge in [0.2, 0.25) is 5.78 Å². The third-order valence-corrected chi connectivity index (χ3v) is 9.14. The van der Waals surface area contributed by atoms with Crippen LogP contribution in [0.2, 0.25) is 5.02 Å². The number of halogens is 1. The second kappa shape index (κ2) is 10.1. The number of aromatic nitrogens is 1. The van der Waals surface area contributed by atoms with E-state index in [4.69, 9.17) is 21.2 Å². The number of hydrogen-bond acceptors (Lipinski definition) is 11. The Morgan fingerprint density at radius 1 is 0.957 bits per heavy atom. The largest absolute Gasteiger partial charge is 0.507 e. The highest BCUT2D eigenvalue weighted by atomic mass is 35.5. The number of aromatic amines is 1. The summed E-state index contributed by atoms with van der Waals surface area (Å²) in [6.07, 6.45) is 1.81. The number of fused-ring (bicyclic) bond motifs is 5. The van der Waals surface area contributed by atoms with Crippen molar-refractivity contribution < 1.29 is 44.1 Å². The molecule has 0 saturated heterocycles. The van der Waals surface area contributed by atoms with Gasteiger partial charge < -0.3 is 29.9 Å². The van der Waals surface area contributed by atoms with E-state index in [1.807, 2.05) is 30.3 Å². The fourth-order valence-corrected chi connectivity index (χ4v) is 6.99. The van der Waals surface area contributed by atoms with E-state index < -0.39 is 79.4 Å². The van der Waals surface area contributed by atoms with E-state index in [0.717, 1.165) is 18.7 Å². The van der Waals surface area contributed by atoms with Crippen molar-refractivity contribution in [1.29, 1.82) is 0 Å². The minimum Gasteiger partial charge on any atom is -0.507 e. The summed E-state index contributed by atoms with van der Waals surface area (Å²) in [5.41, 5.74) is -4.69. The summed E-state index contributed by atoms with van der Waals surface area (Å²) in [7, 11) is 1.12. The Balaban J connectivity index is 1.35. The number of ketones is 4. The van der Waals surface area contributed by atoms with Gasteiger partial charge in [-0.2, -0.15) is 0 Å². The molecule has 3 aromatic carbocycles. The lowest BCUT2D eigenvalue weighted by Crippen LogP contribution is -2.36. The van der Waals surface area contributed by atoms with Gasteiger partial charge in [-0.3, -0.25) is 24.0 Å². The van der Waals surface area contributed by atoms with Crippen LogP contribution in [0, 0.1) is 0 Å². The van der Waals surface area contributed by atoms with E-state index in [9.17, 15) is 39.3 Å². The molecule has 1 aromatic heterocycles. The number of benzene rings is 3. The molecular formula is C33H21ClN2O10. The number of methoxy groups -OCH3 is 1. The van der Waals surface area contributed by atoms with Gasteiger partial charge >= 0.3 is 0 Å². The second-order valence-corrected chi connectivity index (χ2v) is 11.4. The molecule has 1 atom stereocenters. The number of Topliss-reactive ketones (excluding diaryl/α,β-unsaturated/α-hetero) is 3. The average molecular weight is 641 g/mol. The fourth-order valence-electron chi connectivity index (χ4n) is 6.65. The van der Waals surface area contributed by atoms with Gasteiger partial charge in [-0.15, -0.1) is 0 Å². The van der Waals surface area contributed by atoms with Gasteiger partial charge in [-0.1, -0.05) is 47.1 Å². The number of ether oxygens (including phenoxy) is 1. The molecule has 0 amide bonds. The van der Waals surface area contributed by atoms with Crippen molar-refractivity contribution in [1.82, 2.24) is 4.98 Å². The number of H-pyrrole nitrogens is 1. The van der Waals surface area contributed by atoms with Crippen molar-refractivity contribution in [3.8, 4) is 17.2 Å². The zero-order chi connectivity index (χ0) is 32.7. The maximum Gasteiger partial charge on any atom is 0.260 e. The molecule has 0 radical (unpaired) electrons. The van der Waals surface area contributed by atoms with Crippen LogP contribution in [0.4, 0.5) is 0 Å². The van der Waals surface area contributed by atoms with Gasteiger partial charge in [0.1, 0.15) is 29.3 Å². The van der Waals surface area contributed by atoms with E-state index >= 15 is 0 Å². The molecule has 12 nitrogen and oxygen atoms in total. The second-order valence-electron chi connectivity index (χ2n) is 11.0. The van der Waals surface area contributed by atoms with Crippen LogP contribution in [0.1, 0.15) is 70.2 Å². The van der Waals surface area contributed by atoms with Crippen molar-refractivity contribution in [3.63, 3.8) is 0 Å². The van der Waals surface area contributed by atoms with Crippen LogP contribution in [0.15, 0.2) is 58.2 Å². The molecule has 1 heterocycles. The molecule has 13 heteroatoms. The topological polar surface area (TPSA) is 193 Å². The first-order valence-corrected chi connectivity index (χ1v) is 14.3. The number of carbonyl (C=O) groups is 4. The first-order chi connectivity index (χ1) is 22.0. The predicted molar refractivity (Wildman–Crippen MR) is 162 cm³/mol. The molecule has 0 fully saturated rings. The van der Waals surface area contributed by atoms with Gasteiger partial charge in [-0.25, -0.2) is 0 Å². The predicted octanol–water partition coefficient (Wildman–Crippen LogP) is 4.02. The number of phenolic OH excluding ortho intramolecular Hbond substituents is 3. The number of aromatic hydroxyl groups is 3. The summed E-state index contributed by atoms with van der Waals surface area (Å²) in [5, 5.41) is 37.6. The minimum atomic E-state index is -2.21. The van der Waals surface area contributed by atoms with Crippen LogP contribution in [-0.2, 0) is 28.0 Å². The Morgan fingerprint density at radius 3 is 2.30 bits per heavy atom. The summed E-state index contributed by atoms with van der Waals surface area (Å²) in [6, 6.07) is 10.7. The summed E-state index contributed by atoms with van der Waals surface area (Å²) in [4.78, 5) is 75.3. The average Bonchev–Trinajstić information content (AvgIpc) is 3.55. The normalized spacial score (nSPS) is 18.3. The number of nitrogens with one attached hydrogen (secondary N) is 1. The molecule has 0 aliphatic heterocycles. The Hall–Kier alpha value is -5.75. The number of carbonyl (C=O) groups excluding carboxylic acids is 4. The number of nitrogens with zero attached hydrogens (tertiary/aromatic N) is 1. The van der Waals surface area contributed by atoms with Gasteiger partial charge in [0.05, 0.1) is 51.7 Å². The van der Waals surface area contributed by atoms with E-state index in [1.165, 1.54) is 12.3 Å². The van der Waals surface area contributed by atoms with Gasteiger partial charge in [0.15, 0.2) is 23.1 Å². The number of hydrogen-bond donors (Lipinski definition) is 4. The quantitative estimate of drug-likeness (QED) is 0.107. The summed E-state index contributed by atoms with van der Waals surface area (Å²) < 4.78 is 4.92. The molecular weight excluding hydrogens is 620 g/mol. The zero-order valence-corrected chi connectivity index (χ0v) is 24.5. The van der Waals surface area contributed by atoms with Gasteiger partial charge in [0.25, 0.3) is 5.56 Å². The lowest BCUT2D eigenvalue weighted by molar-refractivity contribution is 0.0790. The minimum absolute atomic E-state index is 0.00536. The number of oxime groups is 1. The SMILES string of the molecule is COC1=CC(=O)c2c(O)c3c(c(O)c2C1=O)C(=O)[C@]1(CCc2c1c(O)c1c(=O)[nH]c(/C=N/OCc4ccccc4)cc1c2Cl)C3=O. The van der Waals surface area contributed by atoms with Crippen LogP contribution in [0.5, 0.6) is 17.2 Å². The Labute approximate surface area is 263 Å². The van der Waals surface area contributed by atoms with E-state index in [2.05, 4.69) is 10.1 Å². The summed E-state index contributed by atoms with van der Waals surface area (Å²) in [6.45, 7) is 0.178. The van der Waals surface area contributed by atoms with Crippen molar-refractivity contribution in [2.45, 2.75) is 24.9 Å². The molecule has 3 aliphatic carbocycles. The number of phenols is 3. The number of allylic oxidation sites excluding steroid dienone is 2. The van der Waals surface area contributed by atoms with Crippen LogP contribution in [0.25, 0.3) is 10.8 Å². The van der Waals surface area contributed by atoms with E-state index in [0.29, 0.717) is 0 Å². The van der Waals surface area contributed by atoms with Gasteiger partial charge in [0, 0.05) is 17.0 Å². The molecule has 1 spiro atoms. The third kappa shape index (κ3) is 3.73. The summed E-state index contributed by atoms with van der Waals surface area (Å²) >= 11 is 6.78. The monoisotopic (exact) mass is 640 g/mol. The fraction of sp³-hybridized carbons (Fsp3) is 0.152. The van der Waals surface area contributed by atoms with Gasteiger partial charge in [-0.05, 0) is 30.0 Å². The molecule has 230 valence electrons. The molecule has 0 saturated carbocycles.